The second-order valence-corrected chi connectivity index (χ2v) is 5.24. The lowest BCUT2D eigenvalue weighted by molar-refractivity contribution is -0.119. The number of hydrogen-bond acceptors (Lipinski definition) is 5. The molecule has 1 aliphatic heterocycles. The lowest BCUT2D eigenvalue weighted by Crippen LogP contribution is -2.29. The molecule has 0 bridgehead atoms. The number of amides is 1. The van der Waals surface area contributed by atoms with Crippen LogP contribution in [-0.4, -0.2) is 24.5 Å². The van der Waals surface area contributed by atoms with Crippen LogP contribution in [0.4, 0.5) is 10.1 Å². The van der Waals surface area contributed by atoms with Crippen molar-refractivity contribution in [3.05, 3.63) is 54.0 Å². The summed E-state index contributed by atoms with van der Waals surface area (Å²) in [6.07, 6.45) is 1.54. The van der Waals surface area contributed by atoms with Crippen LogP contribution in [0.5, 0.6) is 5.88 Å². The minimum absolute atomic E-state index is 0.135. The smallest absolute Gasteiger partial charge is 0.230 e. The van der Waals surface area contributed by atoms with Gasteiger partial charge in [0.05, 0.1) is 31.0 Å². The molecule has 1 aromatic heterocycles. The van der Waals surface area contributed by atoms with Crippen molar-refractivity contribution in [2.24, 2.45) is 5.92 Å². The van der Waals surface area contributed by atoms with Gasteiger partial charge in [0.2, 0.25) is 11.8 Å². The number of pyridine rings is 1. The van der Waals surface area contributed by atoms with Crippen LogP contribution in [0, 0.1) is 11.7 Å². The molecule has 1 amide bonds. The third kappa shape index (κ3) is 3.46. The average Bonchev–Trinajstić information content (AvgIpc) is 3.06. The number of nitrogens with one attached hydrogen (secondary N) is 3. The first-order valence-corrected chi connectivity index (χ1v) is 7.22. The summed E-state index contributed by atoms with van der Waals surface area (Å²) < 4.78 is 18.0. The molecule has 23 heavy (non-hydrogen) atoms. The van der Waals surface area contributed by atoms with Crippen molar-refractivity contribution in [3.8, 4) is 5.88 Å². The normalized spacial score (nSPS) is 20.3. The van der Waals surface area contributed by atoms with Gasteiger partial charge >= 0.3 is 0 Å². The molecule has 2 heterocycles. The summed E-state index contributed by atoms with van der Waals surface area (Å²) in [6, 6.07) is 9.31. The molecule has 2 atom stereocenters. The maximum atomic E-state index is 13.0. The number of carbonyl (C=O) groups excluding carboxylic acids is 1. The average molecular weight is 316 g/mol. The summed E-state index contributed by atoms with van der Waals surface area (Å²) in [6.45, 7) is 0.484. The number of methoxy groups -OCH3 is 1. The van der Waals surface area contributed by atoms with Crippen LogP contribution in [0.15, 0.2) is 42.6 Å². The van der Waals surface area contributed by atoms with Crippen LogP contribution in [0.2, 0.25) is 0 Å². The number of hydrazine groups is 1. The van der Waals surface area contributed by atoms with E-state index in [-0.39, 0.29) is 23.7 Å². The van der Waals surface area contributed by atoms with E-state index in [9.17, 15) is 9.18 Å². The van der Waals surface area contributed by atoms with E-state index >= 15 is 0 Å². The van der Waals surface area contributed by atoms with Gasteiger partial charge in [-0.1, -0.05) is 12.1 Å². The van der Waals surface area contributed by atoms with Gasteiger partial charge in [-0.25, -0.2) is 14.8 Å². The second kappa shape index (κ2) is 6.72. The van der Waals surface area contributed by atoms with Gasteiger partial charge in [-0.05, 0) is 23.8 Å². The van der Waals surface area contributed by atoms with Crippen molar-refractivity contribution in [1.82, 2.24) is 15.8 Å². The first-order chi connectivity index (χ1) is 11.2. The van der Waals surface area contributed by atoms with Gasteiger partial charge in [0.25, 0.3) is 0 Å². The van der Waals surface area contributed by atoms with E-state index in [1.165, 1.54) is 19.2 Å². The summed E-state index contributed by atoms with van der Waals surface area (Å²) in [4.78, 5) is 16.5. The zero-order chi connectivity index (χ0) is 16.2. The molecule has 3 rings (SSSR count). The molecule has 1 fully saturated rings. The fourth-order valence-electron chi connectivity index (χ4n) is 2.54. The first-order valence-electron chi connectivity index (χ1n) is 7.22. The SMILES string of the molecule is COc1ccc(NC(=O)C2CNNC2c2ccc(F)cc2)cn1. The standard InChI is InChI=1S/C16H17FN4O2/c1-23-14-7-6-12(8-18-14)20-16(22)13-9-19-21-15(13)10-2-4-11(17)5-3-10/h2-8,13,15,19,21H,9H2,1H3,(H,20,22). The van der Waals surface area contributed by atoms with Crippen molar-refractivity contribution in [1.29, 1.82) is 0 Å². The van der Waals surface area contributed by atoms with Gasteiger partial charge in [-0.2, -0.15) is 0 Å². The number of anilines is 1. The molecule has 2 aromatic rings. The molecule has 0 spiro atoms. The molecule has 0 saturated carbocycles. The number of ether oxygens (including phenoxy) is 1. The zero-order valence-electron chi connectivity index (χ0n) is 12.5. The number of halogens is 1. The van der Waals surface area contributed by atoms with Gasteiger partial charge in [0, 0.05) is 12.6 Å². The van der Waals surface area contributed by atoms with Crippen LogP contribution in [0.1, 0.15) is 11.6 Å². The quantitative estimate of drug-likeness (QED) is 0.799. The van der Waals surface area contributed by atoms with Gasteiger partial charge in [0.1, 0.15) is 5.82 Å². The molecule has 0 aliphatic carbocycles. The van der Waals surface area contributed by atoms with Crippen LogP contribution in [0.25, 0.3) is 0 Å². The first kappa shape index (κ1) is 15.4. The highest BCUT2D eigenvalue weighted by atomic mass is 19.1. The number of benzene rings is 1. The molecular formula is C16H17FN4O2. The van der Waals surface area contributed by atoms with Crippen LogP contribution >= 0.6 is 0 Å². The van der Waals surface area contributed by atoms with Gasteiger partial charge < -0.3 is 10.1 Å². The van der Waals surface area contributed by atoms with E-state index in [1.807, 2.05) is 0 Å². The third-order valence-electron chi connectivity index (χ3n) is 3.76. The van der Waals surface area contributed by atoms with Crippen LogP contribution in [0.3, 0.4) is 0 Å². The molecule has 1 aliphatic rings. The maximum absolute atomic E-state index is 13.0. The minimum Gasteiger partial charge on any atom is -0.481 e. The van der Waals surface area contributed by atoms with Crippen molar-refractivity contribution >= 4 is 11.6 Å². The number of aromatic nitrogens is 1. The fourth-order valence-corrected chi connectivity index (χ4v) is 2.54. The Morgan fingerprint density at radius 1 is 1.30 bits per heavy atom. The second-order valence-electron chi connectivity index (χ2n) is 5.24. The van der Waals surface area contributed by atoms with E-state index in [1.54, 1.807) is 30.5 Å². The molecule has 120 valence electrons. The molecule has 6 nitrogen and oxygen atoms in total. The van der Waals surface area contributed by atoms with Gasteiger partial charge in [-0.15, -0.1) is 0 Å². The molecule has 3 N–H and O–H groups in total. The van der Waals surface area contributed by atoms with Crippen LogP contribution < -0.4 is 20.9 Å². The van der Waals surface area contributed by atoms with E-state index in [0.29, 0.717) is 18.1 Å². The van der Waals surface area contributed by atoms with Crippen molar-refractivity contribution in [3.63, 3.8) is 0 Å². The minimum atomic E-state index is -0.317. The summed E-state index contributed by atoms with van der Waals surface area (Å²) in [5, 5.41) is 2.84. The molecule has 0 radical (unpaired) electrons. The van der Waals surface area contributed by atoms with E-state index in [0.717, 1.165) is 5.56 Å². The Morgan fingerprint density at radius 3 is 2.74 bits per heavy atom. The highest BCUT2D eigenvalue weighted by molar-refractivity contribution is 5.93. The predicted molar refractivity (Wildman–Crippen MR) is 83.2 cm³/mol. The Hall–Kier alpha value is -2.51. The Kier molecular flexibility index (Phi) is 4.50. The van der Waals surface area contributed by atoms with E-state index < -0.39 is 0 Å². The number of nitrogens with zero attached hydrogens (tertiary/aromatic N) is 1. The summed E-state index contributed by atoms with van der Waals surface area (Å²) in [5.74, 6) is -0.271. The fraction of sp³-hybridized carbons (Fsp3) is 0.250. The molecular weight excluding hydrogens is 299 g/mol. The Labute approximate surface area is 133 Å². The predicted octanol–water partition coefficient (Wildman–Crippen LogP) is 1.63. The van der Waals surface area contributed by atoms with E-state index in [4.69, 9.17) is 4.74 Å². The van der Waals surface area contributed by atoms with E-state index in [2.05, 4.69) is 21.2 Å². The van der Waals surface area contributed by atoms with Crippen molar-refractivity contribution in [2.75, 3.05) is 19.0 Å². The van der Waals surface area contributed by atoms with Gasteiger partial charge in [-0.3, -0.25) is 10.2 Å². The highest BCUT2D eigenvalue weighted by Gasteiger charge is 2.34. The molecule has 1 aromatic carbocycles. The molecule has 7 heteroatoms. The Morgan fingerprint density at radius 2 is 2.09 bits per heavy atom. The summed E-state index contributed by atoms with van der Waals surface area (Å²) >= 11 is 0. The molecule has 2 unspecified atom stereocenters. The third-order valence-corrected chi connectivity index (χ3v) is 3.76. The summed E-state index contributed by atoms with van der Waals surface area (Å²) in [7, 11) is 1.53. The highest BCUT2D eigenvalue weighted by Crippen LogP contribution is 2.26. The summed E-state index contributed by atoms with van der Waals surface area (Å²) in [5.41, 5.74) is 7.49. The Balaban J connectivity index is 1.71. The maximum Gasteiger partial charge on any atom is 0.230 e. The zero-order valence-corrected chi connectivity index (χ0v) is 12.5. The Bertz CT molecular complexity index is 675. The lowest BCUT2D eigenvalue weighted by atomic mass is 9.94. The van der Waals surface area contributed by atoms with Gasteiger partial charge in [0.15, 0.2) is 0 Å². The number of rotatable bonds is 4. The largest absolute Gasteiger partial charge is 0.481 e. The molecule has 1 saturated heterocycles. The van der Waals surface area contributed by atoms with Crippen molar-refractivity contribution < 1.29 is 13.9 Å². The van der Waals surface area contributed by atoms with Crippen molar-refractivity contribution in [2.45, 2.75) is 6.04 Å². The lowest BCUT2D eigenvalue weighted by Gasteiger charge is -2.18. The number of hydrogen-bond donors (Lipinski definition) is 3. The monoisotopic (exact) mass is 316 g/mol. The van der Waals surface area contributed by atoms with Crippen LogP contribution in [-0.2, 0) is 4.79 Å². The number of carbonyl (C=O) groups is 1. The topological polar surface area (TPSA) is 75.3 Å².